The molecule has 1 aliphatic rings. The molecule has 1 aliphatic heterocycles. The summed E-state index contributed by atoms with van der Waals surface area (Å²) in [6.07, 6.45) is -2.40. The first kappa shape index (κ1) is 33.8. The molecule has 0 unspecified atom stereocenters. The molecule has 5 atom stereocenters. The topological polar surface area (TPSA) is 84.8 Å². The molecular weight excluding hydrogens is 604 g/mol. The number of aliphatic hydroxyl groups excluding tert-OH is 1. The van der Waals surface area contributed by atoms with Crippen LogP contribution >= 0.6 is 11.8 Å². The molecular formula is C37H42O8S. The quantitative estimate of drug-likeness (QED) is 0.154. The van der Waals surface area contributed by atoms with Crippen molar-refractivity contribution in [3.05, 3.63) is 119 Å². The lowest BCUT2D eigenvalue weighted by Gasteiger charge is -2.45. The van der Waals surface area contributed by atoms with Crippen molar-refractivity contribution >= 4 is 11.8 Å². The standard InChI is InChI=1S/C37H42O8S/c1-25-5-19-32(20-6-25)46-37-36(44-24-28-11-17-31(41-4)18-12-28)35(43-23-27-9-15-30(40-3)16-10-27)34(33(21-38)45-37)42-22-26-7-13-29(39-2)14-8-26/h5-20,33-38H,21-24H2,1-4H3/t33-,34+,35+,36-,37+/m1/s1. The van der Waals surface area contributed by atoms with Crippen LogP contribution in [0.15, 0.2) is 102 Å². The third kappa shape index (κ3) is 9.03. The molecule has 0 amide bonds. The Balaban J connectivity index is 1.44. The average Bonchev–Trinajstić information content (AvgIpc) is 3.11. The molecule has 5 rings (SSSR count). The van der Waals surface area contributed by atoms with E-state index in [2.05, 4.69) is 31.2 Å². The second-order valence-corrected chi connectivity index (χ2v) is 12.2. The SMILES string of the molecule is COc1ccc(CO[C@H]2[C@@H](OCc3ccc(OC)cc3)[C@@H](CO)O[C@@H](Sc3ccc(C)cc3)[C@@H]2OCc2ccc(OC)cc2)cc1. The van der Waals surface area contributed by atoms with E-state index in [-0.39, 0.29) is 13.2 Å². The Labute approximate surface area is 275 Å². The molecule has 0 saturated carbocycles. The number of benzene rings is 4. The Bertz CT molecular complexity index is 1460. The van der Waals surface area contributed by atoms with Crippen LogP contribution in [0.3, 0.4) is 0 Å². The van der Waals surface area contributed by atoms with Crippen LogP contribution in [0.25, 0.3) is 0 Å². The molecule has 1 fully saturated rings. The van der Waals surface area contributed by atoms with Gasteiger partial charge in [0.1, 0.15) is 47.1 Å². The summed E-state index contributed by atoms with van der Waals surface area (Å²) in [4.78, 5) is 1.02. The van der Waals surface area contributed by atoms with Gasteiger partial charge in [-0.25, -0.2) is 0 Å². The summed E-state index contributed by atoms with van der Waals surface area (Å²) in [7, 11) is 4.93. The van der Waals surface area contributed by atoms with Gasteiger partial charge >= 0.3 is 0 Å². The summed E-state index contributed by atoms with van der Waals surface area (Å²) in [6, 6.07) is 31.5. The summed E-state index contributed by atoms with van der Waals surface area (Å²) in [5.74, 6) is 2.31. The smallest absolute Gasteiger partial charge is 0.137 e. The average molecular weight is 647 g/mol. The zero-order chi connectivity index (χ0) is 32.3. The maximum Gasteiger partial charge on any atom is 0.137 e. The Morgan fingerprint density at radius 3 is 1.39 bits per heavy atom. The van der Waals surface area contributed by atoms with Crippen LogP contribution in [-0.2, 0) is 38.8 Å². The van der Waals surface area contributed by atoms with Gasteiger partial charge in [-0.2, -0.15) is 0 Å². The van der Waals surface area contributed by atoms with Crippen molar-refractivity contribution in [3.63, 3.8) is 0 Å². The highest BCUT2D eigenvalue weighted by Gasteiger charge is 2.48. The third-order valence-corrected chi connectivity index (χ3v) is 9.00. The fraction of sp³-hybridized carbons (Fsp3) is 0.351. The van der Waals surface area contributed by atoms with Gasteiger partial charge in [0, 0.05) is 4.90 Å². The summed E-state index contributed by atoms with van der Waals surface area (Å²) in [6.45, 7) is 2.73. The first-order valence-corrected chi connectivity index (χ1v) is 16.1. The molecule has 0 spiro atoms. The van der Waals surface area contributed by atoms with Crippen LogP contribution in [0, 0.1) is 6.92 Å². The van der Waals surface area contributed by atoms with E-state index >= 15 is 0 Å². The van der Waals surface area contributed by atoms with Crippen LogP contribution < -0.4 is 14.2 Å². The van der Waals surface area contributed by atoms with Crippen molar-refractivity contribution in [2.24, 2.45) is 0 Å². The number of thioether (sulfide) groups is 1. The number of methoxy groups -OCH3 is 3. The molecule has 46 heavy (non-hydrogen) atoms. The van der Waals surface area contributed by atoms with Gasteiger partial charge in [0.2, 0.25) is 0 Å². The van der Waals surface area contributed by atoms with Gasteiger partial charge in [0.15, 0.2) is 0 Å². The zero-order valence-corrected chi connectivity index (χ0v) is 27.5. The molecule has 4 aromatic carbocycles. The van der Waals surface area contributed by atoms with Gasteiger partial charge in [-0.3, -0.25) is 0 Å². The monoisotopic (exact) mass is 646 g/mol. The summed E-state index contributed by atoms with van der Waals surface area (Å²) in [5, 5.41) is 10.6. The maximum absolute atomic E-state index is 10.6. The van der Waals surface area contributed by atoms with Crippen molar-refractivity contribution in [3.8, 4) is 17.2 Å². The molecule has 0 aromatic heterocycles. The van der Waals surface area contributed by atoms with Gasteiger partial charge in [-0.1, -0.05) is 65.9 Å². The Morgan fingerprint density at radius 1 is 0.565 bits per heavy atom. The lowest BCUT2D eigenvalue weighted by molar-refractivity contribution is -0.251. The van der Waals surface area contributed by atoms with Crippen molar-refractivity contribution in [2.45, 2.75) is 61.5 Å². The van der Waals surface area contributed by atoms with E-state index in [1.54, 1.807) is 33.1 Å². The Hall–Kier alpha value is -3.57. The van der Waals surface area contributed by atoms with Crippen LogP contribution in [0.2, 0.25) is 0 Å². The number of aryl methyl sites for hydroxylation is 1. The summed E-state index contributed by atoms with van der Waals surface area (Å²) < 4.78 is 42.5. The molecule has 4 aromatic rings. The van der Waals surface area contributed by atoms with Gasteiger partial charge in [0.25, 0.3) is 0 Å². The summed E-state index contributed by atoms with van der Waals surface area (Å²) >= 11 is 1.55. The fourth-order valence-corrected chi connectivity index (χ4v) is 6.31. The lowest BCUT2D eigenvalue weighted by Crippen LogP contribution is -2.60. The van der Waals surface area contributed by atoms with Crippen LogP contribution in [-0.4, -0.2) is 62.9 Å². The summed E-state index contributed by atoms with van der Waals surface area (Å²) in [5.41, 5.74) is 3.59. The highest BCUT2D eigenvalue weighted by molar-refractivity contribution is 7.99. The van der Waals surface area contributed by atoms with E-state index in [1.165, 1.54) is 5.56 Å². The van der Waals surface area contributed by atoms with Crippen LogP contribution in [0.4, 0.5) is 0 Å². The van der Waals surface area contributed by atoms with E-state index in [0.29, 0.717) is 13.2 Å². The first-order valence-electron chi connectivity index (χ1n) is 15.2. The second kappa shape index (κ2) is 16.8. The minimum atomic E-state index is -0.650. The van der Waals surface area contributed by atoms with E-state index in [4.69, 9.17) is 33.2 Å². The molecule has 0 radical (unpaired) electrons. The maximum atomic E-state index is 10.6. The molecule has 244 valence electrons. The van der Waals surface area contributed by atoms with Crippen molar-refractivity contribution in [1.82, 2.24) is 0 Å². The Morgan fingerprint density at radius 2 is 0.978 bits per heavy atom. The van der Waals surface area contributed by atoms with E-state index in [1.807, 2.05) is 72.8 Å². The minimum Gasteiger partial charge on any atom is -0.497 e. The van der Waals surface area contributed by atoms with E-state index in [0.717, 1.165) is 38.8 Å². The highest BCUT2D eigenvalue weighted by Crippen LogP contribution is 2.38. The fourth-order valence-electron chi connectivity index (χ4n) is 5.18. The first-order chi connectivity index (χ1) is 22.5. The largest absolute Gasteiger partial charge is 0.497 e. The number of rotatable bonds is 15. The number of ether oxygens (including phenoxy) is 7. The molecule has 0 aliphatic carbocycles. The van der Waals surface area contributed by atoms with Crippen LogP contribution in [0.1, 0.15) is 22.3 Å². The van der Waals surface area contributed by atoms with Crippen molar-refractivity contribution < 1.29 is 38.3 Å². The predicted octanol–water partition coefficient (Wildman–Crippen LogP) is 6.59. The van der Waals surface area contributed by atoms with Gasteiger partial charge in [-0.05, 0) is 72.1 Å². The zero-order valence-electron chi connectivity index (χ0n) is 26.7. The molecule has 1 saturated heterocycles. The molecule has 8 nitrogen and oxygen atoms in total. The highest BCUT2D eigenvalue weighted by atomic mass is 32.2. The Kier molecular flexibility index (Phi) is 12.4. The molecule has 1 heterocycles. The van der Waals surface area contributed by atoms with Crippen molar-refractivity contribution in [1.29, 1.82) is 0 Å². The van der Waals surface area contributed by atoms with Crippen LogP contribution in [0.5, 0.6) is 17.2 Å². The lowest BCUT2D eigenvalue weighted by atomic mass is 9.99. The van der Waals surface area contributed by atoms with Crippen molar-refractivity contribution in [2.75, 3.05) is 27.9 Å². The van der Waals surface area contributed by atoms with Gasteiger partial charge in [-0.15, -0.1) is 0 Å². The van der Waals surface area contributed by atoms with Gasteiger partial charge < -0.3 is 38.3 Å². The third-order valence-electron chi connectivity index (χ3n) is 7.85. The normalized spacial score (nSPS) is 21.1. The number of hydrogen-bond donors (Lipinski definition) is 1. The number of hydrogen-bond acceptors (Lipinski definition) is 9. The molecule has 9 heteroatoms. The van der Waals surface area contributed by atoms with E-state index < -0.39 is 29.9 Å². The molecule has 0 bridgehead atoms. The van der Waals surface area contributed by atoms with Gasteiger partial charge in [0.05, 0.1) is 47.8 Å². The predicted molar refractivity (Wildman–Crippen MR) is 177 cm³/mol. The van der Waals surface area contributed by atoms with E-state index in [9.17, 15) is 5.11 Å². The second-order valence-electron chi connectivity index (χ2n) is 11.0. The minimum absolute atomic E-state index is 0.244. The number of aliphatic hydroxyl groups is 1. The molecule has 1 N–H and O–H groups in total.